The Bertz CT molecular complexity index is 1030. The third-order valence-electron chi connectivity index (χ3n) is 3.52. The lowest BCUT2D eigenvalue weighted by atomic mass is 10.0. The maximum absolute atomic E-state index is 11.9. The maximum Gasteiger partial charge on any atom is 0.206 e. The van der Waals surface area contributed by atoms with E-state index in [-0.39, 0.29) is 0 Å². The zero-order valence-electron chi connectivity index (χ0n) is 12.7. The Morgan fingerprint density at radius 1 is 1.16 bits per heavy atom. The standard InChI is InChI=1S/C15H11N7OS2/c16-25(23)12-3-1-2-10(13(12)14-19-21-22-20-14)11-8-24-15(18-11)9-4-6-17-7-5-9/h1-8H,16H2,(H,19,20,21,22). The van der Waals surface area contributed by atoms with E-state index in [2.05, 4.69) is 30.6 Å². The van der Waals surface area contributed by atoms with Gasteiger partial charge in [0.05, 0.1) is 10.6 Å². The number of H-pyrrole nitrogens is 1. The predicted octanol–water partition coefficient (Wildman–Crippen LogP) is 2.03. The summed E-state index contributed by atoms with van der Waals surface area (Å²) in [5, 5.41) is 22.4. The van der Waals surface area contributed by atoms with Gasteiger partial charge in [0, 0.05) is 34.5 Å². The molecule has 0 fully saturated rings. The number of thiazole rings is 1. The Labute approximate surface area is 148 Å². The molecule has 0 saturated carbocycles. The van der Waals surface area contributed by atoms with Crippen LogP contribution in [0.15, 0.2) is 53.0 Å². The molecule has 3 heterocycles. The SMILES string of the molecule is NS(=O)c1cccc(-c2csc(-c3ccncc3)n2)c1-c1nn[nH]n1. The normalized spacial score (nSPS) is 12.2. The summed E-state index contributed by atoms with van der Waals surface area (Å²) in [4.78, 5) is 9.13. The zero-order valence-corrected chi connectivity index (χ0v) is 14.3. The number of rotatable bonds is 4. The smallest absolute Gasteiger partial charge is 0.206 e. The Hall–Kier alpha value is -2.82. The van der Waals surface area contributed by atoms with Crippen molar-refractivity contribution in [3.63, 3.8) is 0 Å². The van der Waals surface area contributed by atoms with Crippen LogP contribution in [-0.2, 0) is 11.0 Å². The second kappa shape index (κ2) is 6.59. The molecule has 25 heavy (non-hydrogen) atoms. The van der Waals surface area contributed by atoms with Gasteiger partial charge in [-0.05, 0) is 23.4 Å². The van der Waals surface area contributed by atoms with Crippen molar-refractivity contribution in [2.24, 2.45) is 5.14 Å². The molecule has 1 unspecified atom stereocenters. The number of benzene rings is 1. The van der Waals surface area contributed by atoms with Gasteiger partial charge in [-0.15, -0.1) is 21.5 Å². The fourth-order valence-corrected chi connectivity index (χ4v) is 3.88. The minimum atomic E-state index is -1.69. The van der Waals surface area contributed by atoms with Crippen molar-refractivity contribution >= 4 is 22.3 Å². The van der Waals surface area contributed by atoms with Crippen LogP contribution in [0.5, 0.6) is 0 Å². The monoisotopic (exact) mass is 369 g/mol. The van der Waals surface area contributed by atoms with E-state index < -0.39 is 11.0 Å². The van der Waals surface area contributed by atoms with Crippen molar-refractivity contribution in [2.45, 2.75) is 4.90 Å². The van der Waals surface area contributed by atoms with Gasteiger partial charge in [0.2, 0.25) is 5.82 Å². The van der Waals surface area contributed by atoms with E-state index in [1.807, 2.05) is 23.6 Å². The molecule has 0 spiro atoms. The molecule has 124 valence electrons. The minimum absolute atomic E-state index is 0.322. The summed E-state index contributed by atoms with van der Waals surface area (Å²) in [6.45, 7) is 0. The largest absolute Gasteiger partial charge is 0.265 e. The lowest BCUT2D eigenvalue weighted by Gasteiger charge is -2.08. The van der Waals surface area contributed by atoms with Crippen LogP contribution >= 0.6 is 11.3 Å². The minimum Gasteiger partial charge on any atom is -0.265 e. The highest BCUT2D eigenvalue weighted by molar-refractivity contribution is 7.82. The highest BCUT2D eigenvalue weighted by Gasteiger charge is 2.20. The van der Waals surface area contributed by atoms with Crippen LogP contribution in [0.25, 0.3) is 33.2 Å². The van der Waals surface area contributed by atoms with Gasteiger partial charge >= 0.3 is 0 Å². The molecule has 0 radical (unpaired) electrons. The maximum atomic E-state index is 11.9. The molecule has 8 nitrogen and oxygen atoms in total. The average Bonchev–Trinajstić information content (AvgIpc) is 3.34. The number of aromatic nitrogens is 6. The van der Waals surface area contributed by atoms with Gasteiger partial charge in [0.15, 0.2) is 0 Å². The fraction of sp³-hybridized carbons (Fsp3) is 0. The number of nitrogens with zero attached hydrogens (tertiary/aromatic N) is 5. The zero-order chi connectivity index (χ0) is 17.2. The molecule has 1 aromatic carbocycles. The van der Waals surface area contributed by atoms with Crippen LogP contribution in [0.1, 0.15) is 0 Å². The van der Waals surface area contributed by atoms with E-state index in [1.54, 1.807) is 24.5 Å². The molecular formula is C15H11N7OS2. The van der Waals surface area contributed by atoms with Crippen molar-refractivity contribution in [3.8, 4) is 33.2 Å². The van der Waals surface area contributed by atoms with E-state index in [4.69, 9.17) is 5.14 Å². The summed E-state index contributed by atoms with van der Waals surface area (Å²) in [5.74, 6) is 0.322. The fourth-order valence-electron chi connectivity index (χ4n) is 2.44. The number of nitrogens with two attached hydrogens (primary N) is 1. The molecule has 4 rings (SSSR count). The lowest BCUT2D eigenvalue weighted by Crippen LogP contribution is -2.06. The second-order valence-corrected chi connectivity index (χ2v) is 6.88. The van der Waals surface area contributed by atoms with Crippen LogP contribution in [0, 0.1) is 0 Å². The number of aromatic amines is 1. The lowest BCUT2D eigenvalue weighted by molar-refractivity contribution is 0.684. The van der Waals surface area contributed by atoms with Gasteiger partial charge in [-0.25, -0.2) is 14.3 Å². The van der Waals surface area contributed by atoms with Crippen molar-refractivity contribution < 1.29 is 4.21 Å². The first-order valence-corrected chi connectivity index (χ1v) is 9.22. The van der Waals surface area contributed by atoms with Crippen LogP contribution < -0.4 is 5.14 Å². The highest BCUT2D eigenvalue weighted by Crippen LogP contribution is 2.36. The highest BCUT2D eigenvalue weighted by atomic mass is 32.2. The molecule has 0 aliphatic rings. The molecule has 1 atom stereocenters. The Balaban J connectivity index is 1.88. The first kappa shape index (κ1) is 15.7. The van der Waals surface area contributed by atoms with Crippen LogP contribution in [-0.4, -0.2) is 34.8 Å². The number of nitrogens with one attached hydrogen (secondary N) is 1. The molecule has 3 aromatic heterocycles. The third kappa shape index (κ3) is 2.97. The molecule has 4 aromatic rings. The van der Waals surface area contributed by atoms with Crippen molar-refractivity contribution in [1.82, 2.24) is 30.6 Å². The number of hydrogen-bond acceptors (Lipinski definition) is 7. The van der Waals surface area contributed by atoms with Crippen LogP contribution in [0.3, 0.4) is 0 Å². The van der Waals surface area contributed by atoms with Crippen LogP contribution in [0.2, 0.25) is 0 Å². The molecule has 0 saturated heterocycles. The van der Waals surface area contributed by atoms with E-state index >= 15 is 0 Å². The summed E-state index contributed by atoms with van der Waals surface area (Å²) < 4.78 is 11.9. The molecular weight excluding hydrogens is 358 g/mol. The Kier molecular flexibility index (Phi) is 4.14. The predicted molar refractivity (Wildman–Crippen MR) is 94.5 cm³/mol. The summed E-state index contributed by atoms with van der Waals surface area (Å²) in [6.07, 6.45) is 3.44. The molecule has 0 aliphatic heterocycles. The average molecular weight is 369 g/mol. The van der Waals surface area contributed by atoms with Gasteiger partial charge in [0.25, 0.3) is 0 Å². The summed E-state index contributed by atoms with van der Waals surface area (Å²) >= 11 is 1.51. The third-order valence-corrected chi connectivity index (χ3v) is 5.18. The van der Waals surface area contributed by atoms with E-state index in [1.165, 1.54) is 11.3 Å². The van der Waals surface area contributed by atoms with Crippen molar-refractivity contribution in [3.05, 3.63) is 48.1 Å². The quantitative estimate of drug-likeness (QED) is 0.567. The number of tetrazole rings is 1. The summed E-state index contributed by atoms with van der Waals surface area (Å²) in [6, 6.07) is 9.13. The summed E-state index contributed by atoms with van der Waals surface area (Å²) in [7, 11) is -1.69. The molecule has 3 N–H and O–H groups in total. The summed E-state index contributed by atoms with van der Waals surface area (Å²) in [5.41, 5.74) is 3.01. The topological polar surface area (TPSA) is 123 Å². The molecule has 0 amide bonds. The first-order valence-electron chi connectivity index (χ1n) is 7.13. The van der Waals surface area contributed by atoms with Crippen molar-refractivity contribution in [1.29, 1.82) is 0 Å². The van der Waals surface area contributed by atoms with Gasteiger partial charge in [-0.3, -0.25) is 4.98 Å². The van der Waals surface area contributed by atoms with E-state index in [0.717, 1.165) is 21.8 Å². The van der Waals surface area contributed by atoms with Crippen LogP contribution in [0.4, 0.5) is 0 Å². The van der Waals surface area contributed by atoms with Gasteiger partial charge < -0.3 is 0 Å². The van der Waals surface area contributed by atoms with Gasteiger partial charge in [-0.1, -0.05) is 12.1 Å². The molecule has 10 heteroatoms. The first-order chi connectivity index (χ1) is 12.2. The Morgan fingerprint density at radius 3 is 2.72 bits per heavy atom. The number of hydrogen-bond donors (Lipinski definition) is 2. The molecule has 0 bridgehead atoms. The molecule has 0 aliphatic carbocycles. The Morgan fingerprint density at radius 2 is 2.00 bits per heavy atom. The number of pyridine rings is 1. The van der Waals surface area contributed by atoms with Gasteiger partial charge in [0.1, 0.15) is 16.0 Å². The second-order valence-electron chi connectivity index (χ2n) is 4.99. The van der Waals surface area contributed by atoms with E-state index in [0.29, 0.717) is 16.3 Å². The van der Waals surface area contributed by atoms with Crippen molar-refractivity contribution in [2.75, 3.05) is 0 Å². The van der Waals surface area contributed by atoms with Gasteiger partial charge in [-0.2, -0.15) is 5.21 Å². The van der Waals surface area contributed by atoms with E-state index in [9.17, 15) is 4.21 Å².